The predicted octanol–water partition coefficient (Wildman–Crippen LogP) is 2.00. The summed E-state index contributed by atoms with van der Waals surface area (Å²) in [5.74, 6) is -0.797. The molecule has 1 aromatic heterocycles. The third-order valence-corrected chi connectivity index (χ3v) is 4.33. The molecule has 1 fully saturated rings. The van der Waals surface area contributed by atoms with Crippen LogP contribution < -0.4 is 4.74 Å². The Bertz CT molecular complexity index is 803. The zero-order valence-corrected chi connectivity index (χ0v) is 15.0. The van der Waals surface area contributed by atoms with Gasteiger partial charge in [0.25, 0.3) is 5.91 Å². The Labute approximate surface area is 156 Å². The molecule has 1 amide bonds. The van der Waals surface area contributed by atoms with Gasteiger partial charge in [0.1, 0.15) is 11.4 Å². The number of methoxy groups -OCH3 is 1. The average molecular weight is 371 g/mol. The summed E-state index contributed by atoms with van der Waals surface area (Å²) in [7, 11) is 1.59. The Balaban J connectivity index is 1.81. The first-order chi connectivity index (χ1) is 13.1. The number of nitrogens with zero attached hydrogens (tertiary/aromatic N) is 3. The zero-order chi connectivity index (χ0) is 19.2. The second-order valence-electron chi connectivity index (χ2n) is 6.26. The van der Waals surface area contributed by atoms with Crippen LogP contribution in [-0.4, -0.2) is 58.2 Å². The topological polar surface area (TPSA) is 102 Å². The minimum absolute atomic E-state index is 0.0224. The van der Waals surface area contributed by atoms with Crippen molar-refractivity contribution in [1.29, 1.82) is 0 Å². The van der Waals surface area contributed by atoms with E-state index in [1.54, 1.807) is 12.0 Å². The molecule has 2 aromatic rings. The first-order valence-corrected chi connectivity index (χ1v) is 8.66. The smallest absolute Gasteiger partial charge is 0.356 e. The van der Waals surface area contributed by atoms with E-state index in [1.807, 2.05) is 24.3 Å². The van der Waals surface area contributed by atoms with E-state index in [-0.39, 0.29) is 23.4 Å². The van der Waals surface area contributed by atoms with Crippen molar-refractivity contribution in [3.8, 4) is 5.75 Å². The van der Waals surface area contributed by atoms with Gasteiger partial charge in [0, 0.05) is 19.7 Å². The molecule has 142 valence electrons. The number of aromatic nitrogens is 2. The second-order valence-corrected chi connectivity index (χ2v) is 6.26. The SMILES string of the molecule is COc1cccc(CN(CC2CCCO2)C(=O)c2cnc(C(=O)O)cn2)c1. The van der Waals surface area contributed by atoms with Gasteiger partial charge in [-0.25, -0.2) is 14.8 Å². The van der Waals surface area contributed by atoms with Crippen molar-refractivity contribution in [2.45, 2.75) is 25.5 Å². The molecule has 1 atom stereocenters. The molecule has 1 aliphatic rings. The van der Waals surface area contributed by atoms with Crippen LogP contribution in [0.15, 0.2) is 36.7 Å². The average Bonchev–Trinajstić information content (AvgIpc) is 3.20. The largest absolute Gasteiger partial charge is 0.497 e. The van der Waals surface area contributed by atoms with Gasteiger partial charge in [-0.1, -0.05) is 12.1 Å². The van der Waals surface area contributed by atoms with E-state index in [0.717, 1.165) is 24.6 Å². The van der Waals surface area contributed by atoms with Gasteiger partial charge in [0.15, 0.2) is 5.69 Å². The van der Waals surface area contributed by atoms with Crippen molar-refractivity contribution in [2.24, 2.45) is 0 Å². The summed E-state index contributed by atoms with van der Waals surface area (Å²) in [5, 5.41) is 8.93. The molecule has 0 saturated carbocycles. The van der Waals surface area contributed by atoms with E-state index in [2.05, 4.69) is 9.97 Å². The van der Waals surface area contributed by atoms with Crippen LogP contribution in [0.2, 0.25) is 0 Å². The second kappa shape index (κ2) is 8.59. The van der Waals surface area contributed by atoms with E-state index in [4.69, 9.17) is 14.6 Å². The van der Waals surface area contributed by atoms with E-state index < -0.39 is 5.97 Å². The van der Waals surface area contributed by atoms with Crippen LogP contribution in [0.4, 0.5) is 0 Å². The van der Waals surface area contributed by atoms with Gasteiger partial charge < -0.3 is 19.5 Å². The lowest BCUT2D eigenvalue weighted by molar-refractivity contribution is 0.0501. The number of aromatic carboxylic acids is 1. The molecule has 27 heavy (non-hydrogen) atoms. The molecular weight excluding hydrogens is 350 g/mol. The number of carbonyl (C=O) groups is 2. The fourth-order valence-electron chi connectivity index (χ4n) is 2.96. The maximum absolute atomic E-state index is 13.0. The molecule has 8 heteroatoms. The van der Waals surface area contributed by atoms with Crippen LogP contribution in [-0.2, 0) is 11.3 Å². The molecule has 0 radical (unpaired) electrons. The molecule has 0 bridgehead atoms. The van der Waals surface area contributed by atoms with Gasteiger partial charge in [-0.3, -0.25) is 4.79 Å². The van der Waals surface area contributed by atoms with Crippen LogP contribution in [0.5, 0.6) is 5.75 Å². The standard InChI is InChI=1S/C19H21N3O5/c1-26-14-5-2-4-13(8-14)11-22(12-15-6-3-7-27-15)18(23)16-9-21-17(10-20-16)19(24)25/h2,4-5,8-10,15H,3,6-7,11-12H2,1H3,(H,24,25). The minimum atomic E-state index is -1.19. The number of amides is 1. The number of carboxylic acids is 1. The molecule has 2 heterocycles. The predicted molar refractivity (Wildman–Crippen MR) is 95.7 cm³/mol. The van der Waals surface area contributed by atoms with Crippen LogP contribution in [0.1, 0.15) is 39.4 Å². The Hall–Kier alpha value is -3.00. The normalized spacial score (nSPS) is 16.1. The lowest BCUT2D eigenvalue weighted by atomic mass is 10.1. The quantitative estimate of drug-likeness (QED) is 0.794. The monoisotopic (exact) mass is 371 g/mol. The third kappa shape index (κ3) is 4.79. The van der Waals surface area contributed by atoms with Gasteiger partial charge in [0.2, 0.25) is 0 Å². The Morgan fingerprint density at radius 1 is 1.30 bits per heavy atom. The van der Waals surface area contributed by atoms with Crippen molar-refractivity contribution >= 4 is 11.9 Å². The molecule has 0 spiro atoms. The number of carbonyl (C=O) groups excluding carboxylic acids is 1. The lowest BCUT2D eigenvalue weighted by Gasteiger charge is -2.25. The summed E-state index contributed by atoms with van der Waals surface area (Å²) in [5.41, 5.74) is 0.807. The number of rotatable bonds is 7. The van der Waals surface area contributed by atoms with Crippen LogP contribution >= 0.6 is 0 Å². The van der Waals surface area contributed by atoms with E-state index >= 15 is 0 Å². The molecule has 8 nitrogen and oxygen atoms in total. The molecule has 1 aliphatic heterocycles. The van der Waals surface area contributed by atoms with Crippen molar-refractivity contribution < 1.29 is 24.2 Å². The Morgan fingerprint density at radius 2 is 2.07 bits per heavy atom. The molecule has 1 aromatic carbocycles. The van der Waals surface area contributed by atoms with Crippen LogP contribution in [0.3, 0.4) is 0 Å². The molecule has 0 aliphatic carbocycles. The Kier molecular flexibility index (Phi) is 5.97. The molecule has 1 unspecified atom stereocenters. The first-order valence-electron chi connectivity index (χ1n) is 8.66. The van der Waals surface area contributed by atoms with Crippen LogP contribution in [0, 0.1) is 0 Å². The van der Waals surface area contributed by atoms with Gasteiger partial charge in [-0.15, -0.1) is 0 Å². The molecule has 1 saturated heterocycles. The minimum Gasteiger partial charge on any atom is -0.497 e. The highest BCUT2D eigenvalue weighted by atomic mass is 16.5. The molecule has 1 N–H and O–H groups in total. The lowest BCUT2D eigenvalue weighted by Crippen LogP contribution is -2.37. The van der Waals surface area contributed by atoms with Gasteiger partial charge in [0.05, 0.1) is 25.6 Å². The Morgan fingerprint density at radius 3 is 2.70 bits per heavy atom. The highest BCUT2D eigenvalue weighted by Crippen LogP contribution is 2.19. The highest BCUT2D eigenvalue weighted by Gasteiger charge is 2.25. The molecule has 3 rings (SSSR count). The van der Waals surface area contributed by atoms with E-state index in [9.17, 15) is 9.59 Å². The zero-order valence-electron chi connectivity index (χ0n) is 15.0. The highest BCUT2D eigenvalue weighted by molar-refractivity contribution is 5.92. The fraction of sp³-hybridized carbons (Fsp3) is 0.368. The number of hydrogen-bond acceptors (Lipinski definition) is 6. The summed E-state index contributed by atoms with van der Waals surface area (Å²) in [6, 6.07) is 7.49. The van der Waals surface area contributed by atoms with Crippen molar-refractivity contribution in [3.63, 3.8) is 0 Å². The summed E-state index contributed by atoms with van der Waals surface area (Å²) in [6.07, 6.45) is 4.13. The number of ether oxygens (including phenoxy) is 2. The van der Waals surface area contributed by atoms with Crippen molar-refractivity contribution in [1.82, 2.24) is 14.9 Å². The maximum Gasteiger partial charge on any atom is 0.356 e. The first kappa shape index (κ1) is 18.8. The summed E-state index contributed by atoms with van der Waals surface area (Å²) in [6.45, 7) is 1.48. The summed E-state index contributed by atoms with van der Waals surface area (Å²) >= 11 is 0. The number of benzene rings is 1. The van der Waals surface area contributed by atoms with Crippen molar-refractivity contribution in [3.05, 3.63) is 53.6 Å². The van der Waals surface area contributed by atoms with Gasteiger partial charge in [-0.2, -0.15) is 0 Å². The van der Waals surface area contributed by atoms with E-state index in [1.165, 1.54) is 6.20 Å². The number of carboxylic acid groups (broad SMARTS) is 1. The maximum atomic E-state index is 13.0. The van der Waals surface area contributed by atoms with E-state index in [0.29, 0.717) is 25.4 Å². The fourth-order valence-corrected chi connectivity index (χ4v) is 2.96. The van der Waals surface area contributed by atoms with Crippen molar-refractivity contribution in [2.75, 3.05) is 20.3 Å². The molecular formula is C19H21N3O5. The van der Waals surface area contributed by atoms with Gasteiger partial charge >= 0.3 is 5.97 Å². The van der Waals surface area contributed by atoms with Gasteiger partial charge in [-0.05, 0) is 30.5 Å². The summed E-state index contributed by atoms with van der Waals surface area (Å²) < 4.78 is 10.9. The summed E-state index contributed by atoms with van der Waals surface area (Å²) in [4.78, 5) is 33.3. The van der Waals surface area contributed by atoms with Crippen LogP contribution in [0.25, 0.3) is 0 Å². The third-order valence-electron chi connectivity index (χ3n) is 4.33. The number of hydrogen-bond donors (Lipinski definition) is 1.